The van der Waals surface area contributed by atoms with Crippen LogP contribution in [0.5, 0.6) is 5.75 Å². The molecule has 1 aliphatic carbocycles. The lowest BCUT2D eigenvalue weighted by atomic mass is 9.83. The Morgan fingerprint density at radius 1 is 0.947 bits per heavy atom. The number of hydrogen-bond donors (Lipinski definition) is 1. The van der Waals surface area contributed by atoms with Crippen LogP contribution in [-0.4, -0.2) is 43.1 Å². The third kappa shape index (κ3) is 7.08. The van der Waals surface area contributed by atoms with E-state index in [0.29, 0.717) is 18.4 Å². The lowest BCUT2D eigenvalue weighted by Gasteiger charge is -2.26. The lowest BCUT2D eigenvalue weighted by molar-refractivity contribution is -0.123. The van der Waals surface area contributed by atoms with Crippen molar-refractivity contribution >= 4 is 22.6 Å². The van der Waals surface area contributed by atoms with Gasteiger partial charge in [-0.05, 0) is 43.7 Å². The number of para-hydroxylation sites is 1. The van der Waals surface area contributed by atoms with E-state index < -0.39 is 47.3 Å². The lowest BCUT2D eigenvalue weighted by Crippen LogP contribution is -2.34. The van der Waals surface area contributed by atoms with Gasteiger partial charge >= 0.3 is 0 Å². The highest BCUT2D eigenvalue weighted by Gasteiger charge is 2.27. The van der Waals surface area contributed by atoms with E-state index in [9.17, 15) is 26.7 Å². The van der Waals surface area contributed by atoms with Gasteiger partial charge in [-0.1, -0.05) is 31.9 Å². The van der Waals surface area contributed by atoms with E-state index in [2.05, 4.69) is 26.9 Å². The van der Waals surface area contributed by atoms with E-state index >= 15 is 0 Å². The van der Waals surface area contributed by atoms with Crippen LogP contribution in [0.25, 0.3) is 10.9 Å². The molecule has 1 fully saturated rings. The summed E-state index contributed by atoms with van der Waals surface area (Å²) in [6.45, 7) is 3.64. The fourth-order valence-electron chi connectivity index (χ4n) is 4.21. The molecule has 0 radical (unpaired) electrons. The summed E-state index contributed by atoms with van der Waals surface area (Å²) in [7, 11) is 3.99. The quantitative estimate of drug-likeness (QED) is 0.248. The number of rotatable bonds is 6. The molecular weight excluding hydrogens is 507 g/mol. The van der Waals surface area contributed by atoms with E-state index in [0.717, 1.165) is 48.2 Å². The van der Waals surface area contributed by atoms with Crippen molar-refractivity contribution in [1.29, 1.82) is 0 Å². The molecule has 38 heavy (non-hydrogen) atoms. The van der Waals surface area contributed by atoms with Gasteiger partial charge in [-0.25, -0.2) is 23.1 Å². The Morgan fingerprint density at radius 2 is 1.53 bits per heavy atom. The van der Waals surface area contributed by atoms with Crippen LogP contribution in [0.1, 0.15) is 38.4 Å². The number of halogens is 5. The van der Waals surface area contributed by atoms with Gasteiger partial charge in [-0.15, -0.1) is 0 Å². The molecular formula is C27H31F5N4O2. The molecule has 3 aromatic rings. The number of ether oxygens (including phenoxy) is 1. The molecule has 0 unspecified atom stereocenters. The molecule has 6 nitrogen and oxygen atoms in total. The number of aromatic nitrogens is 2. The highest BCUT2D eigenvalue weighted by molar-refractivity contribution is 5.89. The minimum absolute atomic E-state index is 0.319. The van der Waals surface area contributed by atoms with Gasteiger partial charge in [0.2, 0.25) is 29.1 Å². The van der Waals surface area contributed by atoms with E-state index in [4.69, 9.17) is 0 Å². The highest BCUT2D eigenvalue weighted by Crippen LogP contribution is 2.29. The fraction of sp³-hybridized carbons (Fsp3) is 0.444. The predicted molar refractivity (Wildman–Crippen MR) is 134 cm³/mol. The van der Waals surface area contributed by atoms with Crippen molar-refractivity contribution in [3.05, 3.63) is 59.2 Å². The zero-order chi connectivity index (χ0) is 28.0. The first kappa shape index (κ1) is 29.1. The van der Waals surface area contributed by atoms with Crippen molar-refractivity contribution < 1.29 is 31.5 Å². The number of amides is 1. The number of anilines is 1. The van der Waals surface area contributed by atoms with Gasteiger partial charge in [0.25, 0.3) is 5.91 Å². The molecule has 11 heteroatoms. The molecule has 1 aromatic heterocycles. The Morgan fingerprint density at radius 3 is 2.13 bits per heavy atom. The molecule has 1 amide bonds. The highest BCUT2D eigenvalue weighted by atomic mass is 19.2. The zero-order valence-corrected chi connectivity index (χ0v) is 21.8. The number of nitrogens with one attached hydrogen (secondary N) is 1. The summed E-state index contributed by atoms with van der Waals surface area (Å²) in [5.74, 6) is -10.0. The molecule has 4 rings (SSSR count). The molecule has 0 spiro atoms. The third-order valence-electron chi connectivity index (χ3n) is 6.36. The van der Waals surface area contributed by atoms with Gasteiger partial charge in [0, 0.05) is 26.0 Å². The number of nitrogens with zero attached hydrogens (tertiary/aromatic N) is 3. The number of benzene rings is 2. The number of carbonyl (C=O) groups is 1. The smallest absolute Gasteiger partial charge is 0.257 e. The Balaban J connectivity index is 0.000000241. The molecule has 1 heterocycles. The molecule has 0 atom stereocenters. The minimum Gasteiger partial charge on any atom is -0.477 e. The number of aryl methyl sites for hydroxylation is 1. The summed E-state index contributed by atoms with van der Waals surface area (Å²) in [5, 5.41) is 3.65. The standard InChI is InChI=1S/C16H18F5NO2.C11H13N3/c1-8-2-4-9(5-3-8)6-22-10(23)7-24-16-14(20)12(18)11(17)13(19)15(16)21;1-8-12-10-7-5-4-6-9(10)11(13-8)14(2)3/h8-9H,2-7H2,1H3,(H,22,23);4-7H,1-3H3. The fourth-order valence-corrected chi connectivity index (χ4v) is 4.21. The van der Waals surface area contributed by atoms with E-state index in [1.165, 1.54) is 0 Å². The van der Waals surface area contributed by atoms with Crippen LogP contribution in [-0.2, 0) is 4.79 Å². The van der Waals surface area contributed by atoms with Crippen molar-refractivity contribution in [2.75, 3.05) is 32.1 Å². The molecule has 2 aromatic carbocycles. The molecule has 1 saturated carbocycles. The second-order valence-electron chi connectivity index (χ2n) is 9.62. The maximum absolute atomic E-state index is 13.4. The van der Waals surface area contributed by atoms with E-state index in [1.54, 1.807) is 0 Å². The first-order valence-electron chi connectivity index (χ1n) is 12.3. The Labute approximate surface area is 218 Å². The molecule has 1 aliphatic rings. The first-order chi connectivity index (χ1) is 18.0. The van der Waals surface area contributed by atoms with Crippen molar-refractivity contribution in [3.8, 4) is 5.75 Å². The van der Waals surface area contributed by atoms with Gasteiger partial charge in [-0.2, -0.15) is 8.78 Å². The second-order valence-corrected chi connectivity index (χ2v) is 9.62. The number of carbonyl (C=O) groups excluding carboxylic acids is 1. The Hall–Kier alpha value is -3.50. The van der Waals surface area contributed by atoms with E-state index in [-0.39, 0.29) is 0 Å². The summed E-state index contributed by atoms with van der Waals surface area (Å²) in [4.78, 5) is 22.4. The Kier molecular flexibility index (Phi) is 9.82. The van der Waals surface area contributed by atoms with Crippen LogP contribution in [0.2, 0.25) is 0 Å². The average molecular weight is 539 g/mol. The van der Waals surface area contributed by atoms with Gasteiger partial charge in [0.1, 0.15) is 11.6 Å². The largest absolute Gasteiger partial charge is 0.477 e. The minimum atomic E-state index is -2.27. The van der Waals surface area contributed by atoms with Crippen molar-refractivity contribution in [2.45, 2.75) is 39.5 Å². The normalized spacial score (nSPS) is 17.0. The summed E-state index contributed by atoms with van der Waals surface area (Å²) in [5.41, 5.74) is 1.00. The van der Waals surface area contributed by atoms with Crippen molar-refractivity contribution in [2.24, 2.45) is 11.8 Å². The molecule has 0 aliphatic heterocycles. The van der Waals surface area contributed by atoms with Crippen LogP contribution >= 0.6 is 0 Å². The predicted octanol–water partition coefficient (Wildman–Crippen LogP) is 5.71. The first-order valence-corrected chi connectivity index (χ1v) is 12.3. The number of hydrogen-bond acceptors (Lipinski definition) is 5. The van der Waals surface area contributed by atoms with Gasteiger partial charge in [-0.3, -0.25) is 4.79 Å². The molecule has 0 bridgehead atoms. The van der Waals surface area contributed by atoms with Gasteiger partial charge in [0.05, 0.1) is 5.52 Å². The second kappa shape index (κ2) is 12.8. The maximum atomic E-state index is 13.4. The Bertz CT molecular complexity index is 1250. The average Bonchev–Trinajstić information content (AvgIpc) is 2.90. The van der Waals surface area contributed by atoms with Crippen LogP contribution in [0.3, 0.4) is 0 Å². The SMILES string of the molecule is CC1CCC(CNC(=O)COc2c(F)c(F)c(F)c(F)c2F)CC1.Cc1nc(N(C)C)c2ccccc2n1. The van der Waals surface area contributed by atoms with Crippen LogP contribution in [0.15, 0.2) is 24.3 Å². The maximum Gasteiger partial charge on any atom is 0.257 e. The molecule has 1 N–H and O–H groups in total. The zero-order valence-electron chi connectivity index (χ0n) is 21.8. The van der Waals surface area contributed by atoms with Crippen molar-refractivity contribution in [1.82, 2.24) is 15.3 Å². The van der Waals surface area contributed by atoms with Gasteiger partial charge < -0.3 is 15.0 Å². The summed E-state index contributed by atoms with van der Waals surface area (Å²) in [6, 6.07) is 8.06. The topological polar surface area (TPSA) is 67.3 Å². The van der Waals surface area contributed by atoms with Crippen molar-refractivity contribution in [3.63, 3.8) is 0 Å². The number of fused-ring (bicyclic) bond motifs is 1. The summed E-state index contributed by atoms with van der Waals surface area (Å²) >= 11 is 0. The van der Waals surface area contributed by atoms with Crippen LogP contribution in [0.4, 0.5) is 27.8 Å². The third-order valence-corrected chi connectivity index (χ3v) is 6.36. The molecule has 206 valence electrons. The van der Waals surface area contributed by atoms with Gasteiger partial charge in [0.15, 0.2) is 12.4 Å². The monoisotopic (exact) mass is 538 g/mol. The van der Waals surface area contributed by atoms with E-state index in [1.807, 2.05) is 50.2 Å². The van der Waals surface area contributed by atoms with Crippen LogP contribution < -0.4 is 15.0 Å². The van der Waals surface area contributed by atoms with Crippen LogP contribution in [0, 0.1) is 47.8 Å². The molecule has 0 saturated heterocycles. The summed E-state index contributed by atoms with van der Waals surface area (Å²) in [6.07, 6.45) is 4.09. The summed E-state index contributed by atoms with van der Waals surface area (Å²) < 4.78 is 70.2.